The third-order valence-corrected chi connectivity index (χ3v) is 5.47. The van der Waals surface area contributed by atoms with Crippen LogP contribution in [0.25, 0.3) is 0 Å². The van der Waals surface area contributed by atoms with Gasteiger partial charge in [0.05, 0.1) is 13.1 Å². The molecular weight excluding hydrogens is 375 g/mol. The van der Waals surface area contributed by atoms with Gasteiger partial charge in [0.15, 0.2) is 6.29 Å². The molecule has 0 aromatic heterocycles. The Hall–Kier alpha value is -2.78. The number of nitrogens with zero attached hydrogens (tertiary/aromatic N) is 5. The molecule has 0 spiro atoms. The molecule has 1 N–H and O–H groups in total. The molecule has 3 atom stereocenters. The monoisotopic (exact) mass is 400 g/mol. The molecule has 9 heteroatoms. The number of urea groups is 1. The Morgan fingerprint density at radius 2 is 2.07 bits per heavy atom. The van der Waals surface area contributed by atoms with Crippen LogP contribution in [-0.2, 0) is 11.3 Å². The van der Waals surface area contributed by atoms with Gasteiger partial charge in [-0.2, -0.15) is 5.10 Å². The van der Waals surface area contributed by atoms with E-state index in [1.54, 1.807) is 42.1 Å². The number of amides is 3. The number of imide groups is 1. The molecule has 1 aromatic rings. The van der Waals surface area contributed by atoms with Crippen LogP contribution >= 0.6 is 0 Å². The third kappa shape index (κ3) is 3.30. The highest BCUT2D eigenvalue weighted by Crippen LogP contribution is 2.31. The molecule has 3 unspecified atom stereocenters. The zero-order chi connectivity index (χ0) is 20.9. The normalized spacial score (nSPS) is 27.1. The molecule has 2 fully saturated rings. The zero-order valence-electron chi connectivity index (χ0n) is 16.8. The van der Waals surface area contributed by atoms with Crippen LogP contribution in [0.4, 0.5) is 9.18 Å². The van der Waals surface area contributed by atoms with Crippen molar-refractivity contribution in [1.82, 2.24) is 25.0 Å². The topological polar surface area (TPSA) is 71.5 Å². The number of halogens is 1. The SMILES string of the molecule is C=C(C)CN1C(=O)C2C(NC3N(Cc4ccccc4F)N=C(C)CN23)N(C)C1=O. The Labute approximate surface area is 169 Å². The molecule has 29 heavy (non-hydrogen) atoms. The van der Waals surface area contributed by atoms with Crippen molar-refractivity contribution in [2.45, 2.75) is 38.9 Å². The molecule has 1 aromatic carbocycles. The van der Waals surface area contributed by atoms with Gasteiger partial charge in [-0.25, -0.2) is 14.1 Å². The number of likely N-dealkylation sites (N-methyl/N-ethyl adjacent to an activating group) is 1. The van der Waals surface area contributed by atoms with Gasteiger partial charge in [-0.3, -0.25) is 20.0 Å². The van der Waals surface area contributed by atoms with E-state index in [1.165, 1.54) is 11.0 Å². The van der Waals surface area contributed by atoms with Gasteiger partial charge in [-0.05, 0) is 19.9 Å². The molecular formula is C20H25FN6O2. The smallest absolute Gasteiger partial charge is 0.310 e. The van der Waals surface area contributed by atoms with Crippen molar-refractivity contribution in [3.8, 4) is 0 Å². The molecule has 3 aliphatic rings. The average molecular weight is 400 g/mol. The highest BCUT2D eigenvalue weighted by Gasteiger charge is 2.56. The Balaban J connectivity index is 1.64. The summed E-state index contributed by atoms with van der Waals surface area (Å²) in [5.41, 5.74) is 2.07. The summed E-state index contributed by atoms with van der Waals surface area (Å²) in [5.74, 6) is -0.555. The second-order valence-corrected chi connectivity index (χ2v) is 7.90. The lowest BCUT2D eigenvalue weighted by molar-refractivity contribution is -0.138. The van der Waals surface area contributed by atoms with Crippen LogP contribution in [-0.4, -0.2) is 76.0 Å². The number of nitrogens with one attached hydrogen (secondary N) is 1. The summed E-state index contributed by atoms with van der Waals surface area (Å²) in [6.45, 7) is 8.43. The molecule has 0 bridgehead atoms. The first-order chi connectivity index (χ1) is 13.8. The lowest BCUT2D eigenvalue weighted by atomic mass is 10.1. The summed E-state index contributed by atoms with van der Waals surface area (Å²) >= 11 is 0. The number of hydrogen-bond donors (Lipinski definition) is 1. The van der Waals surface area contributed by atoms with Crippen molar-refractivity contribution in [2.75, 3.05) is 20.1 Å². The molecule has 4 rings (SSSR count). The maximum absolute atomic E-state index is 14.2. The van der Waals surface area contributed by atoms with Crippen molar-refractivity contribution >= 4 is 17.6 Å². The highest BCUT2D eigenvalue weighted by atomic mass is 19.1. The van der Waals surface area contributed by atoms with E-state index in [-0.39, 0.29) is 30.8 Å². The van der Waals surface area contributed by atoms with Crippen LogP contribution in [0.1, 0.15) is 19.4 Å². The number of benzene rings is 1. The number of fused-ring (bicyclic) bond motifs is 3. The minimum absolute atomic E-state index is 0.190. The van der Waals surface area contributed by atoms with Gasteiger partial charge in [0.1, 0.15) is 18.0 Å². The summed E-state index contributed by atoms with van der Waals surface area (Å²) in [7, 11) is 1.68. The average Bonchev–Trinajstić information content (AvgIpc) is 3.05. The summed E-state index contributed by atoms with van der Waals surface area (Å²) in [6, 6.07) is 5.66. The molecule has 3 aliphatic heterocycles. The second-order valence-electron chi connectivity index (χ2n) is 7.90. The quantitative estimate of drug-likeness (QED) is 0.773. The number of carbonyl (C=O) groups is 2. The van der Waals surface area contributed by atoms with Crippen molar-refractivity contribution in [3.63, 3.8) is 0 Å². The first-order valence-corrected chi connectivity index (χ1v) is 9.56. The summed E-state index contributed by atoms with van der Waals surface area (Å²) in [5, 5.41) is 9.68. The van der Waals surface area contributed by atoms with Crippen molar-refractivity contribution in [2.24, 2.45) is 5.10 Å². The van der Waals surface area contributed by atoms with E-state index < -0.39 is 18.5 Å². The highest BCUT2D eigenvalue weighted by molar-refractivity contribution is 6.01. The number of rotatable bonds is 4. The van der Waals surface area contributed by atoms with Crippen molar-refractivity contribution in [3.05, 3.63) is 47.8 Å². The minimum atomic E-state index is -0.546. The summed E-state index contributed by atoms with van der Waals surface area (Å²) in [6.07, 6.45) is -0.900. The number of carbonyl (C=O) groups excluding carboxylic acids is 2. The number of hydrogen-bond acceptors (Lipinski definition) is 6. The minimum Gasteiger partial charge on any atom is -0.310 e. The van der Waals surface area contributed by atoms with Crippen LogP contribution in [0, 0.1) is 5.82 Å². The third-order valence-electron chi connectivity index (χ3n) is 5.47. The van der Waals surface area contributed by atoms with E-state index in [0.29, 0.717) is 12.1 Å². The number of hydrazone groups is 1. The van der Waals surface area contributed by atoms with E-state index in [9.17, 15) is 14.0 Å². The molecule has 0 aliphatic carbocycles. The van der Waals surface area contributed by atoms with Crippen LogP contribution in [0.2, 0.25) is 0 Å². The Morgan fingerprint density at radius 3 is 2.76 bits per heavy atom. The van der Waals surface area contributed by atoms with Crippen LogP contribution < -0.4 is 5.32 Å². The molecule has 154 valence electrons. The Kier molecular flexibility index (Phi) is 4.87. The maximum Gasteiger partial charge on any atom is 0.328 e. The van der Waals surface area contributed by atoms with Gasteiger partial charge in [-0.1, -0.05) is 30.4 Å². The van der Waals surface area contributed by atoms with Crippen LogP contribution in [0.5, 0.6) is 0 Å². The zero-order valence-corrected chi connectivity index (χ0v) is 16.8. The van der Waals surface area contributed by atoms with Crippen LogP contribution in [0.3, 0.4) is 0 Å². The van der Waals surface area contributed by atoms with Crippen molar-refractivity contribution in [1.29, 1.82) is 0 Å². The molecule has 0 saturated carbocycles. The fourth-order valence-electron chi connectivity index (χ4n) is 4.19. The van der Waals surface area contributed by atoms with Gasteiger partial charge in [0.2, 0.25) is 0 Å². The molecule has 8 nitrogen and oxygen atoms in total. The first kappa shape index (κ1) is 19.5. The van der Waals surface area contributed by atoms with Gasteiger partial charge < -0.3 is 4.90 Å². The van der Waals surface area contributed by atoms with E-state index in [4.69, 9.17) is 0 Å². The Morgan fingerprint density at radius 1 is 1.34 bits per heavy atom. The molecule has 3 amide bonds. The second kappa shape index (κ2) is 7.23. The van der Waals surface area contributed by atoms with E-state index in [2.05, 4.69) is 17.0 Å². The van der Waals surface area contributed by atoms with E-state index >= 15 is 0 Å². The standard InChI is InChI=1S/C20H25FN6O2/c1-12(2)9-26-18(28)16-17(24(4)20(26)29)22-19-25(16)10-13(3)23-27(19)11-14-7-5-6-8-15(14)21/h5-8,16-17,19,22H,1,9-11H2,2-4H3. The molecule has 3 heterocycles. The van der Waals surface area contributed by atoms with E-state index in [1.807, 2.05) is 11.8 Å². The van der Waals surface area contributed by atoms with Gasteiger partial charge >= 0.3 is 6.03 Å². The fourth-order valence-corrected chi connectivity index (χ4v) is 4.19. The summed E-state index contributed by atoms with van der Waals surface area (Å²) in [4.78, 5) is 30.7. The molecule has 2 saturated heterocycles. The molecule has 0 radical (unpaired) electrons. The fraction of sp³-hybridized carbons (Fsp3) is 0.450. The van der Waals surface area contributed by atoms with Crippen molar-refractivity contribution < 1.29 is 14.0 Å². The predicted molar refractivity (Wildman–Crippen MR) is 106 cm³/mol. The largest absolute Gasteiger partial charge is 0.328 e. The van der Waals surface area contributed by atoms with E-state index in [0.717, 1.165) is 11.3 Å². The van der Waals surface area contributed by atoms with Crippen LogP contribution in [0.15, 0.2) is 41.5 Å². The van der Waals surface area contributed by atoms with Gasteiger partial charge in [-0.15, -0.1) is 0 Å². The first-order valence-electron chi connectivity index (χ1n) is 9.56. The lowest BCUT2D eigenvalue weighted by Gasteiger charge is -2.42. The Bertz CT molecular complexity index is 903. The van der Waals surface area contributed by atoms with Gasteiger partial charge in [0, 0.05) is 24.9 Å². The van der Waals surface area contributed by atoms with Gasteiger partial charge in [0.25, 0.3) is 5.91 Å². The maximum atomic E-state index is 14.2. The predicted octanol–water partition coefficient (Wildman–Crippen LogP) is 1.37. The summed E-state index contributed by atoms with van der Waals surface area (Å²) < 4.78 is 14.2. The lowest BCUT2D eigenvalue weighted by Crippen LogP contribution is -2.66.